The highest BCUT2D eigenvalue weighted by Crippen LogP contribution is 2.26. The predicted molar refractivity (Wildman–Crippen MR) is 79.9 cm³/mol. The standard InChI is InChI=1S/C14H30N2S/c1-7-12-9-16(10-14(4,5)17-6)13(8-15-12)11(2)3/h11-13,15H,7-10H2,1-6H3. The van der Waals surface area contributed by atoms with E-state index in [1.54, 1.807) is 0 Å². The van der Waals surface area contributed by atoms with Crippen LogP contribution in [0.25, 0.3) is 0 Å². The molecule has 1 rings (SSSR count). The summed E-state index contributed by atoms with van der Waals surface area (Å²) >= 11 is 1.98. The quantitative estimate of drug-likeness (QED) is 0.816. The van der Waals surface area contributed by atoms with E-state index in [9.17, 15) is 0 Å². The molecular weight excluding hydrogens is 228 g/mol. The Kier molecular flexibility index (Phi) is 5.81. The molecule has 0 saturated carbocycles. The number of hydrogen-bond acceptors (Lipinski definition) is 3. The number of piperazine rings is 1. The van der Waals surface area contributed by atoms with Crippen LogP contribution in [0.5, 0.6) is 0 Å². The third-order valence-corrected chi connectivity index (χ3v) is 5.17. The van der Waals surface area contributed by atoms with E-state index in [0.717, 1.165) is 12.5 Å². The highest BCUT2D eigenvalue weighted by atomic mass is 32.2. The minimum absolute atomic E-state index is 0.364. The van der Waals surface area contributed by atoms with Gasteiger partial charge in [-0.3, -0.25) is 4.90 Å². The molecule has 0 radical (unpaired) electrons. The summed E-state index contributed by atoms with van der Waals surface area (Å²) in [6.07, 6.45) is 3.46. The summed E-state index contributed by atoms with van der Waals surface area (Å²) in [5.41, 5.74) is 0. The van der Waals surface area contributed by atoms with Crippen molar-refractivity contribution in [3.8, 4) is 0 Å². The second-order valence-corrected chi connectivity index (χ2v) is 7.73. The summed E-state index contributed by atoms with van der Waals surface area (Å²) in [5.74, 6) is 0.734. The van der Waals surface area contributed by atoms with Gasteiger partial charge in [0.05, 0.1) is 0 Å². The molecule has 17 heavy (non-hydrogen) atoms. The van der Waals surface area contributed by atoms with E-state index in [1.165, 1.54) is 19.5 Å². The summed E-state index contributed by atoms with van der Waals surface area (Å²) in [4.78, 5) is 2.71. The van der Waals surface area contributed by atoms with Crippen molar-refractivity contribution >= 4 is 11.8 Å². The summed E-state index contributed by atoms with van der Waals surface area (Å²) in [5, 5.41) is 3.69. The molecule has 0 amide bonds. The van der Waals surface area contributed by atoms with E-state index in [-0.39, 0.29) is 0 Å². The molecule has 1 aliphatic rings. The summed E-state index contributed by atoms with van der Waals surface area (Å²) in [6, 6.07) is 1.38. The van der Waals surface area contributed by atoms with Gasteiger partial charge in [0.25, 0.3) is 0 Å². The molecule has 1 fully saturated rings. The van der Waals surface area contributed by atoms with Crippen molar-refractivity contribution in [3.63, 3.8) is 0 Å². The molecule has 1 heterocycles. The van der Waals surface area contributed by atoms with Gasteiger partial charge in [-0.2, -0.15) is 11.8 Å². The first-order valence-corrected chi connectivity index (χ1v) is 8.14. The molecule has 2 nitrogen and oxygen atoms in total. The van der Waals surface area contributed by atoms with Crippen LogP contribution >= 0.6 is 11.8 Å². The smallest absolute Gasteiger partial charge is 0.0244 e. The Morgan fingerprint density at radius 3 is 2.53 bits per heavy atom. The minimum Gasteiger partial charge on any atom is -0.311 e. The third kappa shape index (κ3) is 4.46. The lowest BCUT2D eigenvalue weighted by molar-refractivity contribution is 0.0903. The lowest BCUT2D eigenvalue weighted by Gasteiger charge is -2.45. The van der Waals surface area contributed by atoms with E-state index < -0.39 is 0 Å². The molecule has 1 aliphatic heterocycles. The molecule has 0 aromatic heterocycles. The number of nitrogens with zero attached hydrogens (tertiary/aromatic N) is 1. The Morgan fingerprint density at radius 1 is 1.41 bits per heavy atom. The maximum absolute atomic E-state index is 3.69. The first-order valence-electron chi connectivity index (χ1n) is 6.92. The van der Waals surface area contributed by atoms with E-state index in [1.807, 2.05) is 11.8 Å². The van der Waals surface area contributed by atoms with E-state index in [0.29, 0.717) is 16.8 Å². The molecular formula is C14H30N2S. The van der Waals surface area contributed by atoms with Gasteiger partial charge in [-0.25, -0.2) is 0 Å². The minimum atomic E-state index is 0.364. The van der Waals surface area contributed by atoms with Crippen LogP contribution in [0, 0.1) is 5.92 Å². The molecule has 102 valence electrons. The van der Waals surface area contributed by atoms with Gasteiger partial charge in [-0.1, -0.05) is 20.8 Å². The predicted octanol–water partition coefficient (Wildman–Crippen LogP) is 2.84. The van der Waals surface area contributed by atoms with Gasteiger partial charge in [0.15, 0.2) is 0 Å². The molecule has 0 spiro atoms. The Labute approximate surface area is 112 Å². The van der Waals surface area contributed by atoms with Crippen molar-refractivity contribution in [3.05, 3.63) is 0 Å². The van der Waals surface area contributed by atoms with Crippen LogP contribution in [0.15, 0.2) is 0 Å². The normalized spacial score (nSPS) is 27.7. The lowest BCUT2D eigenvalue weighted by Crippen LogP contribution is -2.60. The molecule has 0 aromatic rings. The molecule has 0 aliphatic carbocycles. The Balaban J connectivity index is 2.67. The van der Waals surface area contributed by atoms with Crippen molar-refractivity contribution in [2.45, 2.75) is 57.9 Å². The highest BCUT2D eigenvalue weighted by molar-refractivity contribution is 7.99. The maximum atomic E-state index is 3.69. The summed E-state index contributed by atoms with van der Waals surface area (Å²) in [6.45, 7) is 15.3. The van der Waals surface area contributed by atoms with Gasteiger partial charge in [0, 0.05) is 36.5 Å². The van der Waals surface area contributed by atoms with Crippen molar-refractivity contribution in [1.29, 1.82) is 0 Å². The zero-order valence-electron chi connectivity index (χ0n) is 12.4. The zero-order valence-corrected chi connectivity index (χ0v) is 13.2. The SMILES string of the molecule is CCC1CN(CC(C)(C)SC)C(C(C)C)CN1. The van der Waals surface area contributed by atoms with E-state index in [2.05, 4.69) is 51.1 Å². The topological polar surface area (TPSA) is 15.3 Å². The number of hydrogen-bond donors (Lipinski definition) is 1. The van der Waals surface area contributed by atoms with Gasteiger partial charge in [0.1, 0.15) is 0 Å². The average molecular weight is 258 g/mol. The molecule has 1 saturated heterocycles. The second-order valence-electron chi connectivity index (χ2n) is 6.22. The fourth-order valence-electron chi connectivity index (χ4n) is 2.57. The monoisotopic (exact) mass is 258 g/mol. The van der Waals surface area contributed by atoms with Crippen LogP contribution < -0.4 is 5.32 Å². The second kappa shape index (κ2) is 6.44. The third-order valence-electron chi connectivity index (χ3n) is 3.94. The van der Waals surface area contributed by atoms with Crippen LogP contribution in [0.2, 0.25) is 0 Å². The van der Waals surface area contributed by atoms with Gasteiger partial charge < -0.3 is 5.32 Å². The van der Waals surface area contributed by atoms with Crippen LogP contribution in [0.3, 0.4) is 0 Å². The summed E-state index contributed by atoms with van der Waals surface area (Å²) in [7, 11) is 0. The highest BCUT2D eigenvalue weighted by Gasteiger charge is 2.32. The first-order chi connectivity index (χ1) is 7.89. The fourth-order valence-corrected chi connectivity index (χ4v) is 2.86. The van der Waals surface area contributed by atoms with E-state index >= 15 is 0 Å². The van der Waals surface area contributed by atoms with E-state index in [4.69, 9.17) is 0 Å². The number of thioether (sulfide) groups is 1. The van der Waals surface area contributed by atoms with Crippen LogP contribution in [-0.2, 0) is 0 Å². The molecule has 0 bridgehead atoms. The van der Waals surface area contributed by atoms with Crippen LogP contribution in [0.1, 0.15) is 41.0 Å². The molecule has 1 N–H and O–H groups in total. The molecule has 3 heteroatoms. The zero-order chi connectivity index (χ0) is 13.1. The van der Waals surface area contributed by atoms with Gasteiger partial charge in [-0.05, 0) is 32.4 Å². The van der Waals surface area contributed by atoms with Crippen molar-refractivity contribution in [2.75, 3.05) is 25.9 Å². The Morgan fingerprint density at radius 2 is 2.06 bits per heavy atom. The van der Waals surface area contributed by atoms with Gasteiger partial charge >= 0.3 is 0 Å². The fraction of sp³-hybridized carbons (Fsp3) is 1.00. The Hall–Kier alpha value is 0.270. The Bertz CT molecular complexity index is 228. The lowest BCUT2D eigenvalue weighted by atomic mass is 9.96. The first kappa shape index (κ1) is 15.3. The van der Waals surface area contributed by atoms with Crippen LogP contribution in [-0.4, -0.2) is 47.6 Å². The maximum Gasteiger partial charge on any atom is 0.0244 e. The van der Waals surface area contributed by atoms with Crippen molar-refractivity contribution in [1.82, 2.24) is 10.2 Å². The molecule has 2 atom stereocenters. The van der Waals surface area contributed by atoms with Crippen molar-refractivity contribution < 1.29 is 0 Å². The average Bonchev–Trinajstić information content (AvgIpc) is 2.28. The summed E-state index contributed by atoms with van der Waals surface area (Å²) < 4.78 is 0.364. The largest absolute Gasteiger partial charge is 0.311 e. The van der Waals surface area contributed by atoms with Crippen LogP contribution in [0.4, 0.5) is 0 Å². The molecule has 2 unspecified atom stereocenters. The number of rotatable bonds is 5. The number of nitrogens with one attached hydrogen (secondary N) is 1. The van der Waals surface area contributed by atoms with Gasteiger partial charge in [-0.15, -0.1) is 0 Å². The van der Waals surface area contributed by atoms with Crippen molar-refractivity contribution in [2.24, 2.45) is 5.92 Å². The van der Waals surface area contributed by atoms with Gasteiger partial charge in [0.2, 0.25) is 0 Å². The molecule has 0 aromatic carbocycles.